The van der Waals surface area contributed by atoms with Gasteiger partial charge in [-0.2, -0.15) is 0 Å². The Balaban J connectivity index is 2.11. The first-order valence-electron chi connectivity index (χ1n) is 10.4. The van der Waals surface area contributed by atoms with Gasteiger partial charge in [0.1, 0.15) is 11.6 Å². The van der Waals surface area contributed by atoms with Gasteiger partial charge < -0.3 is 19.6 Å². The van der Waals surface area contributed by atoms with Gasteiger partial charge >= 0.3 is 5.97 Å². The summed E-state index contributed by atoms with van der Waals surface area (Å²) in [6.45, 7) is 1.07. The van der Waals surface area contributed by atoms with Gasteiger partial charge in [0, 0.05) is 18.6 Å². The molecule has 0 saturated heterocycles. The zero-order valence-electron chi connectivity index (χ0n) is 18.3. The minimum atomic E-state index is -0.920. The van der Waals surface area contributed by atoms with Crippen LogP contribution < -0.4 is 5.32 Å². The molecule has 0 aliphatic rings. The van der Waals surface area contributed by atoms with E-state index in [1.807, 2.05) is 21.1 Å². The lowest BCUT2D eigenvalue weighted by molar-refractivity contribution is -0.871. The first kappa shape index (κ1) is 26.0. The quantitative estimate of drug-likeness (QED) is 0.331. The fraction of sp³-hybridized carbons (Fsp3) is 0.636. The number of carboxylic acid groups (broad SMARTS) is 1. The van der Waals surface area contributed by atoms with Crippen LogP contribution in [0.5, 0.6) is 0 Å². The van der Waals surface area contributed by atoms with Crippen molar-refractivity contribution in [3.05, 3.63) is 35.4 Å². The van der Waals surface area contributed by atoms with Crippen molar-refractivity contribution in [1.82, 2.24) is 5.32 Å². The maximum absolute atomic E-state index is 13.5. The highest BCUT2D eigenvalue weighted by molar-refractivity contribution is 5.77. The van der Waals surface area contributed by atoms with E-state index in [0.717, 1.165) is 50.3 Å². The largest absolute Gasteiger partial charge is 0.481 e. The maximum atomic E-state index is 13.5. The van der Waals surface area contributed by atoms with Crippen molar-refractivity contribution in [1.29, 1.82) is 0 Å². The van der Waals surface area contributed by atoms with E-state index in [1.165, 1.54) is 0 Å². The van der Waals surface area contributed by atoms with Gasteiger partial charge in [-0.25, -0.2) is 8.78 Å². The number of nitrogens with zero attached hydrogens (tertiary/aromatic N) is 1. The summed E-state index contributed by atoms with van der Waals surface area (Å²) >= 11 is 0. The van der Waals surface area contributed by atoms with E-state index in [4.69, 9.17) is 9.84 Å². The van der Waals surface area contributed by atoms with E-state index in [1.54, 1.807) is 0 Å². The number of amides is 1. The molecule has 0 aliphatic heterocycles. The van der Waals surface area contributed by atoms with Crippen molar-refractivity contribution < 1.29 is 32.7 Å². The predicted molar refractivity (Wildman–Crippen MR) is 111 cm³/mol. The molecule has 0 aromatic heterocycles. The molecule has 1 aromatic rings. The molecular weight excluding hydrogens is 394 g/mol. The Morgan fingerprint density at radius 1 is 1.10 bits per heavy atom. The molecule has 1 amide bonds. The van der Waals surface area contributed by atoms with Crippen LogP contribution in [0.25, 0.3) is 0 Å². The second-order valence-electron chi connectivity index (χ2n) is 8.64. The molecule has 0 spiro atoms. The lowest BCUT2D eigenvalue weighted by Gasteiger charge is -2.29. The summed E-state index contributed by atoms with van der Waals surface area (Å²) in [6.07, 6.45) is 4.62. The molecule has 30 heavy (non-hydrogen) atoms. The van der Waals surface area contributed by atoms with Crippen LogP contribution in [0.2, 0.25) is 0 Å². The van der Waals surface area contributed by atoms with Crippen LogP contribution in [-0.2, 0) is 20.9 Å². The summed E-state index contributed by atoms with van der Waals surface area (Å²) in [5.74, 6) is -1.99. The van der Waals surface area contributed by atoms with Gasteiger partial charge in [0.15, 0.2) is 0 Å². The van der Waals surface area contributed by atoms with Crippen LogP contribution >= 0.6 is 0 Å². The van der Waals surface area contributed by atoms with Crippen molar-refractivity contribution in [3.8, 4) is 0 Å². The number of halogens is 2. The molecule has 0 bridgehead atoms. The van der Waals surface area contributed by atoms with E-state index in [-0.39, 0.29) is 30.5 Å². The average molecular weight is 430 g/mol. The number of carbonyl (C=O) groups is 2. The maximum Gasteiger partial charge on any atom is 0.305 e. The van der Waals surface area contributed by atoms with Crippen molar-refractivity contribution >= 4 is 11.9 Å². The first-order chi connectivity index (χ1) is 14.1. The molecule has 8 heteroatoms. The van der Waals surface area contributed by atoms with Gasteiger partial charge in [-0.1, -0.05) is 19.3 Å². The SMILES string of the molecule is C[N+](C)(C)CC(CC(=O)O)NC(=O)CCCCCCCOCc1cc(F)ccc1F. The number of hydrogen-bond donors (Lipinski definition) is 2. The van der Waals surface area contributed by atoms with Gasteiger partial charge in [-0.05, 0) is 31.0 Å². The molecule has 6 nitrogen and oxygen atoms in total. The molecule has 0 saturated carbocycles. The number of carboxylic acids is 1. The number of nitrogens with one attached hydrogen (secondary N) is 1. The second-order valence-corrected chi connectivity index (χ2v) is 8.64. The number of likely N-dealkylation sites (N-methyl/N-ethyl adjacent to an activating group) is 1. The highest BCUT2D eigenvalue weighted by atomic mass is 19.1. The highest BCUT2D eigenvalue weighted by Gasteiger charge is 2.22. The number of hydrogen-bond acceptors (Lipinski definition) is 3. The average Bonchev–Trinajstić information content (AvgIpc) is 2.61. The molecule has 1 unspecified atom stereocenters. The summed E-state index contributed by atoms with van der Waals surface area (Å²) in [7, 11) is 5.87. The van der Waals surface area contributed by atoms with E-state index < -0.39 is 17.6 Å². The molecular formula is C22H35F2N2O4+. The van der Waals surface area contributed by atoms with Gasteiger partial charge in [0.25, 0.3) is 0 Å². The predicted octanol–water partition coefficient (Wildman–Crippen LogP) is 3.49. The fourth-order valence-corrected chi connectivity index (χ4v) is 3.19. The van der Waals surface area contributed by atoms with E-state index in [9.17, 15) is 18.4 Å². The molecule has 1 aromatic carbocycles. The zero-order valence-corrected chi connectivity index (χ0v) is 18.3. The lowest BCUT2D eigenvalue weighted by atomic mass is 10.1. The smallest absolute Gasteiger partial charge is 0.305 e. The van der Waals surface area contributed by atoms with Crippen LogP contribution in [0, 0.1) is 11.6 Å². The lowest BCUT2D eigenvalue weighted by Crippen LogP contribution is -2.49. The molecule has 170 valence electrons. The van der Waals surface area contributed by atoms with Crippen molar-refractivity contribution in [2.24, 2.45) is 0 Å². The molecule has 1 atom stereocenters. The Hall–Kier alpha value is -2.06. The Bertz CT molecular complexity index is 678. The number of carbonyl (C=O) groups excluding carboxylic acids is 1. The highest BCUT2D eigenvalue weighted by Crippen LogP contribution is 2.12. The Kier molecular flexibility index (Phi) is 11.5. The minimum Gasteiger partial charge on any atom is -0.481 e. The van der Waals surface area contributed by atoms with Crippen LogP contribution in [0.1, 0.15) is 50.5 Å². The number of benzene rings is 1. The molecule has 0 heterocycles. The summed E-state index contributed by atoms with van der Waals surface area (Å²) in [5.41, 5.74) is 0.215. The van der Waals surface area contributed by atoms with E-state index in [2.05, 4.69) is 5.32 Å². The monoisotopic (exact) mass is 429 g/mol. The van der Waals surface area contributed by atoms with Crippen molar-refractivity contribution in [2.75, 3.05) is 34.3 Å². The third kappa shape index (κ3) is 12.5. The third-order valence-corrected chi connectivity index (χ3v) is 4.51. The van der Waals surface area contributed by atoms with Crippen LogP contribution in [0.3, 0.4) is 0 Å². The summed E-state index contributed by atoms with van der Waals surface area (Å²) < 4.78 is 32.5. The van der Waals surface area contributed by atoms with Gasteiger partial charge in [0.2, 0.25) is 5.91 Å². The fourth-order valence-electron chi connectivity index (χ4n) is 3.19. The molecule has 0 radical (unpaired) electrons. The Morgan fingerprint density at radius 2 is 1.77 bits per heavy atom. The van der Waals surface area contributed by atoms with E-state index in [0.29, 0.717) is 24.1 Å². The van der Waals surface area contributed by atoms with Gasteiger partial charge in [-0.3, -0.25) is 9.59 Å². The standard InChI is InChI=1S/C22H34F2N2O4/c1-26(2,3)15-19(14-22(28)29)25-21(27)9-7-5-4-6-8-12-30-16-17-13-18(23)10-11-20(17)24/h10-11,13,19H,4-9,12,14-16H2,1-3H3,(H-,25,27,28,29)/p+1. The molecule has 1 rings (SSSR count). The third-order valence-electron chi connectivity index (χ3n) is 4.51. The minimum absolute atomic E-state index is 0.0502. The summed E-state index contributed by atoms with van der Waals surface area (Å²) in [6, 6.07) is 2.93. The summed E-state index contributed by atoms with van der Waals surface area (Å²) in [5, 5.41) is 11.9. The van der Waals surface area contributed by atoms with Gasteiger partial charge in [0.05, 0.1) is 46.8 Å². The first-order valence-corrected chi connectivity index (χ1v) is 10.4. The van der Waals surface area contributed by atoms with Crippen molar-refractivity contribution in [2.45, 2.75) is 57.6 Å². The van der Waals surface area contributed by atoms with Crippen molar-refractivity contribution in [3.63, 3.8) is 0 Å². The Labute approximate surface area is 177 Å². The number of aliphatic carboxylic acids is 1. The number of unbranched alkanes of at least 4 members (excludes halogenated alkanes) is 4. The zero-order chi connectivity index (χ0) is 22.6. The summed E-state index contributed by atoms with van der Waals surface area (Å²) in [4.78, 5) is 23.1. The number of rotatable bonds is 15. The molecule has 2 N–H and O–H groups in total. The molecule has 0 aliphatic carbocycles. The van der Waals surface area contributed by atoms with Crippen LogP contribution in [0.4, 0.5) is 8.78 Å². The normalized spacial score (nSPS) is 12.6. The second kappa shape index (κ2) is 13.3. The number of quaternary nitrogens is 1. The van der Waals surface area contributed by atoms with Crippen LogP contribution in [-0.4, -0.2) is 61.8 Å². The van der Waals surface area contributed by atoms with Gasteiger partial charge in [-0.15, -0.1) is 0 Å². The topological polar surface area (TPSA) is 75.6 Å². The molecule has 0 fully saturated rings. The number of ether oxygens (including phenoxy) is 1. The van der Waals surface area contributed by atoms with Crippen LogP contribution in [0.15, 0.2) is 18.2 Å². The van der Waals surface area contributed by atoms with E-state index >= 15 is 0 Å². The Morgan fingerprint density at radius 3 is 2.43 bits per heavy atom.